The van der Waals surface area contributed by atoms with Crippen LogP contribution in [0, 0.1) is 5.92 Å². The largest absolute Gasteiger partial charge is 0.444 e. The summed E-state index contributed by atoms with van der Waals surface area (Å²) in [6.07, 6.45) is 3.41. The van der Waals surface area contributed by atoms with Crippen molar-refractivity contribution in [2.45, 2.75) is 58.1 Å². The van der Waals surface area contributed by atoms with Crippen LogP contribution < -0.4 is 5.32 Å². The maximum absolute atomic E-state index is 12.8. The van der Waals surface area contributed by atoms with Gasteiger partial charge < -0.3 is 19.9 Å². The van der Waals surface area contributed by atoms with E-state index >= 15 is 0 Å². The van der Waals surface area contributed by atoms with Gasteiger partial charge in [0.25, 0.3) is 0 Å². The van der Waals surface area contributed by atoms with Crippen LogP contribution in [0.5, 0.6) is 0 Å². The molecule has 2 saturated heterocycles. The molecule has 0 saturated carbocycles. The molecule has 0 aromatic carbocycles. The van der Waals surface area contributed by atoms with Crippen molar-refractivity contribution in [3.63, 3.8) is 0 Å². The minimum atomic E-state index is -0.500. The highest BCUT2D eigenvalue weighted by Crippen LogP contribution is 2.22. The SMILES string of the molecule is CN(C(=O)C1CCCN(C(=O)OC(C)(C)C)C1)C1CCNCC1. The van der Waals surface area contributed by atoms with Crippen LogP contribution in [-0.2, 0) is 9.53 Å². The van der Waals surface area contributed by atoms with Crippen molar-refractivity contribution < 1.29 is 14.3 Å². The minimum Gasteiger partial charge on any atom is -0.444 e. The fourth-order valence-corrected chi connectivity index (χ4v) is 3.33. The van der Waals surface area contributed by atoms with Crippen molar-refractivity contribution in [3.05, 3.63) is 0 Å². The van der Waals surface area contributed by atoms with Crippen molar-refractivity contribution in [1.82, 2.24) is 15.1 Å². The number of nitrogens with one attached hydrogen (secondary N) is 1. The Bertz CT molecular complexity index is 427. The Morgan fingerprint density at radius 1 is 1.17 bits per heavy atom. The summed E-state index contributed by atoms with van der Waals surface area (Å²) in [6, 6.07) is 0.320. The molecule has 2 aliphatic rings. The van der Waals surface area contributed by atoms with Crippen LogP contribution in [0.4, 0.5) is 4.79 Å². The molecule has 132 valence electrons. The summed E-state index contributed by atoms with van der Waals surface area (Å²) in [7, 11) is 1.91. The molecule has 23 heavy (non-hydrogen) atoms. The van der Waals surface area contributed by atoms with Gasteiger partial charge in [-0.1, -0.05) is 0 Å². The van der Waals surface area contributed by atoms with Crippen LogP contribution in [-0.4, -0.2) is 66.7 Å². The maximum atomic E-state index is 12.8. The highest BCUT2D eigenvalue weighted by Gasteiger charge is 2.34. The van der Waals surface area contributed by atoms with Crippen LogP contribution in [0.2, 0.25) is 0 Å². The molecule has 0 aromatic heterocycles. The third-order valence-electron chi connectivity index (χ3n) is 4.63. The predicted octanol–water partition coefficient (Wildman–Crippen LogP) is 1.84. The number of hydrogen-bond acceptors (Lipinski definition) is 4. The molecule has 2 fully saturated rings. The third kappa shape index (κ3) is 5.09. The first-order valence-corrected chi connectivity index (χ1v) is 8.73. The Kier molecular flexibility index (Phi) is 5.89. The first-order chi connectivity index (χ1) is 10.8. The summed E-state index contributed by atoms with van der Waals surface area (Å²) in [5, 5.41) is 3.32. The second-order valence-electron chi connectivity index (χ2n) is 7.70. The van der Waals surface area contributed by atoms with Gasteiger partial charge in [-0.15, -0.1) is 0 Å². The quantitative estimate of drug-likeness (QED) is 0.841. The molecule has 2 amide bonds. The Balaban J connectivity index is 1.91. The van der Waals surface area contributed by atoms with E-state index in [9.17, 15) is 9.59 Å². The van der Waals surface area contributed by atoms with E-state index in [2.05, 4.69) is 5.32 Å². The molecule has 1 unspecified atom stereocenters. The van der Waals surface area contributed by atoms with Crippen molar-refractivity contribution in [1.29, 1.82) is 0 Å². The number of nitrogens with zero attached hydrogens (tertiary/aromatic N) is 2. The molecule has 6 nitrogen and oxygen atoms in total. The summed E-state index contributed by atoms with van der Waals surface area (Å²) in [6.45, 7) is 8.68. The van der Waals surface area contributed by atoms with Crippen molar-refractivity contribution in [3.8, 4) is 0 Å². The molecule has 2 rings (SSSR count). The molecule has 0 spiro atoms. The Hall–Kier alpha value is -1.30. The second-order valence-corrected chi connectivity index (χ2v) is 7.70. The standard InChI is InChI=1S/C17H31N3O3/c1-17(2,3)23-16(22)20-11-5-6-13(12-20)15(21)19(4)14-7-9-18-10-8-14/h13-14,18H,5-12H2,1-4H3. The first-order valence-electron chi connectivity index (χ1n) is 8.73. The van der Waals surface area contributed by atoms with Gasteiger partial charge in [0.05, 0.1) is 5.92 Å². The van der Waals surface area contributed by atoms with Gasteiger partial charge in [0.15, 0.2) is 0 Å². The average molecular weight is 325 g/mol. The van der Waals surface area contributed by atoms with E-state index < -0.39 is 5.60 Å². The van der Waals surface area contributed by atoms with E-state index in [4.69, 9.17) is 4.74 Å². The van der Waals surface area contributed by atoms with Gasteiger partial charge in [0.1, 0.15) is 5.60 Å². The molecule has 2 heterocycles. The van der Waals surface area contributed by atoms with E-state index in [1.54, 1.807) is 4.90 Å². The zero-order valence-electron chi connectivity index (χ0n) is 14.9. The number of piperidine rings is 2. The molecule has 0 aliphatic carbocycles. The molecule has 2 aliphatic heterocycles. The van der Waals surface area contributed by atoms with Crippen LogP contribution in [0.25, 0.3) is 0 Å². The third-order valence-corrected chi connectivity index (χ3v) is 4.63. The normalized spacial score (nSPS) is 23.5. The summed E-state index contributed by atoms with van der Waals surface area (Å²) >= 11 is 0. The van der Waals surface area contributed by atoms with Gasteiger partial charge in [0.2, 0.25) is 5.91 Å². The molecule has 0 aromatic rings. The van der Waals surface area contributed by atoms with Gasteiger partial charge in [0, 0.05) is 26.2 Å². The zero-order chi connectivity index (χ0) is 17.0. The molecular formula is C17H31N3O3. The molecule has 0 bridgehead atoms. The van der Waals surface area contributed by atoms with Crippen molar-refractivity contribution in [2.24, 2.45) is 5.92 Å². The van der Waals surface area contributed by atoms with Gasteiger partial charge in [-0.3, -0.25) is 4.79 Å². The summed E-state index contributed by atoms with van der Waals surface area (Å²) in [4.78, 5) is 28.6. The van der Waals surface area contributed by atoms with E-state index in [0.29, 0.717) is 19.1 Å². The van der Waals surface area contributed by atoms with Crippen molar-refractivity contribution in [2.75, 3.05) is 33.2 Å². The highest BCUT2D eigenvalue weighted by atomic mass is 16.6. The van der Waals surface area contributed by atoms with Crippen LogP contribution in [0.3, 0.4) is 0 Å². The molecule has 6 heteroatoms. The lowest BCUT2D eigenvalue weighted by Crippen LogP contribution is -2.50. The Labute approximate surface area is 139 Å². The lowest BCUT2D eigenvalue weighted by atomic mass is 9.95. The molecular weight excluding hydrogens is 294 g/mol. The monoisotopic (exact) mass is 325 g/mol. The van der Waals surface area contributed by atoms with Gasteiger partial charge in [-0.05, 0) is 59.5 Å². The van der Waals surface area contributed by atoms with Gasteiger partial charge >= 0.3 is 6.09 Å². The first kappa shape index (κ1) is 18.0. The van der Waals surface area contributed by atoms with E-state index in [-0.39, 0.29) is 17.9 Å². The van der Waals surface area contributed by atoms with E-state index in [1.165, 1.54) is 0 Å². The number of carbonyl (C=O) groups excluding carboxylic acids is 2. The smallest absolute Gasteiger partial charge is 0.410 e. The number of ether oxygens (including phenoxy) is 1. The highest BCUT2D eigenvalue weighted by molar-refractivity contribution is 5.80. The minimum absolute atomic E-state index is 0.101. The van der Waals surface area contributed by atoms with Crippen LogP contribution in [0.1, 0.15) is 46.5 Å². The second kappa shape index (κ2) is 7.51. The number of hydrogen-bond donors (Lipinski definition) is 1. The number of carbonyl (C=O) groups is 2. The Morgan fingerprint density at radius 3 is 2.43 bits per heavy atom. The fourth-order valence-electron chi connectivity index (χ4n) is 3.33. The lowest BCUT2D eigenvalue weighted by molar-refractivity contribution is -0.138. The van der Waals surface area contributed by atoms with Crippen molar-refractivity contribution >= 4 is 12.0 Å². The van der Waals surface area contributed by atoms with Gasteiger partial charge in [-0.25, -0.2) is 4.79 Å². The number of likely N-dealkylation sites (tertiary alicyclic amines) is 1. The summed E-state index contributed by atoms with van der Waals surface area (Å²) in [5.74, 6) is 0.0707. The number of amides is 2. The summed E-state index contributed by atoms with van der Waals surface area (Å²) in [5.41, 5.74) is -0.500. The van der Waals surface area contributed by atoms with Crippen LogP contribution in [0.15, 0.2) is 0 Å². The Morgan fingerprint density at radius 2 is 1.83 bits per heavy atom. The predicted molar refractivity (Wildman–Crippen MR) is 89.2 cm³/mol. The number of rotatable bonds is 2. The summed E-state index contributed by atoms with van der Waals surface area (Å²) < 4.78 is 5.44. The van der Waals surface area contributed by atoms with Gasteiger partial charge in [-0.2, -0.15) is 0 Å². The average Bonchev–Trinajstić information content (AvgIpc) is 2.53. The fraction of sp³-hybridized carbons (Fsp3) is 0.882. The molecule has 1 atom stereocenters. The molecule has 0 radical (unpaired) electrons. The molecule has 1 N–H and O–H groups in total. The lowest BCUT2D eigenvalue weighted by Gasteiger charge is -2.38. The zero-order valence-corrected chi connectivity index (χ0v) is 14.9. The van der Waals surface area contributed by atoms with E-state index in [1.807, 2.05) is 32.7 Å². The van der Waals surface area contributed by atoms with Crippen LogP contribution >= 0.6 is 0 Å². The topological polar surface area (TPSA) is 61.9 Å². The maximum Gasteiger partial charge on any atom is 0.410 e. The van der Waals surface area contributed by atoms with E-state index in [0.717, 1.165) is 38.8 Å².